The molecule has 53 heavy (non-hydrogen) atoms. The van der Waals surface area contributed by atoms with Gasteiger partial charge in [-0.1, -0.05) is 26.8 Å². The summed E-state index contributed by atoms with van der Waals surface area (Å²) >= 11 is 0. The Morgan fingerprint density at radius 1 is 1.08 bits per heavy atom. The van der Waals surface area contributed by atoms with Crippen LogP contribution in [-0.2, 0) is 24.7 Å². The normalized spacial score (nSPS) is 22.2. The SMILES string of the molecule is C=C[C@H]1CC1(NC(=O)[C@@H]1C[C@@H](Oc2cc(-c3cnn(C(C)(C)C)c3)nc3cc(OC)ccc23)CN1C(=O)[C@@H](NC(=O)OC(C)(C)C)C(C)(C)C)C(=O)O. The minimum absolute atomic E-state index is 0.0261. The van der Waals surface area contributed by atoms with Crippen molar-refractivity contribution in [1.29, 1.82) is 0 Å². The van der Waals surface area contributed by atoms with E-state index < -0.39 is 64.5 Å². The number of likely N-dealkylation sites (tertiary alicyclic amines) is 1. The number of carbonyl (C=O) groups is 4. The van der Waals surface area contributed by atoms with Crippen LogP contribution >= 0.6 is 0 Å². The fourth-order valence-corrected chi connectivity index (χ4v) is 6.48. The minimum Gasteiger partial charge on any atom is -0.497 e. The van der Waals surface area contributed by atoms with E-state index in [0.717, 1.165) is 5.56 Å². The Balaban J connectivity index is 1.52. The predicted molar refractivity (Wildman–Crippen MR) is 198 cm³/mol. The largest absolute Gasteiger partial charge is 0.497 e. The van der Waals surface area contributed by atoms with Crippen LogP contribution in [0.1, 0.15) is 75.2 Å². The number of ether oxygens (including phenoxy) is 3. The topological polar surface area (TPSA) is 174 Å². The molecule has 1 saturated carbocycles. The third-order valence-electron chi connectivity index (χ3n) is 9.49. The van der Waals surface area contributed by atoms with E-state index in [4.69, 9.17) is 19.2 Å². The van der Waals surface area contributed by atoms with Gasteiger partial charge in [0.05, 0.1) is 36.6 Å². The van der Waals surface area contributed by atoms with Gasteiger partial charge in [-0.25, -0.2) is 14.6 Å². The lowest BCUT2D eigenvalue weighted by Gasteiger charge is -2.35. The zero-order chi connectivity index (χ0) is 39.3. The van der Waals surface area contributed by atoms with Crippen molar-refractivity contribution in [2.24, 2.45) is 11.3 Å². The van der Waals surface area contributed by atoms with Gasteiger partial charge in [-0.15, -0.1) is 6.58 Å². The van der Waals surface area contributed by atoms with Crippen molar-refractivity contribution in [2.75, 3.05) is 13.7 Å². The molecule has 1 saturated heterocycles. The van der Waals surface area contributed by atoms with Crippen LogP contribution in [0, 0.1) is 11.3 Å². The molecule has 3 aromatic rings. The molecule has 0 radical (unpaired) electrons. The smallest absolute Gasteiger partial charge is 0.408 e. The van der Waals surface area contributed by atoms with Crippen LogP contribution in [0.25, 0.3) is 22.2 Å². The number of aliphatic carboxylic acids is 1. The van der Waals surface area contributed by atoms with Crippen LogP contribution in [0.2, 0.25) is 0 Å². The molecule has 0 spiro atoms. The summed E-state index contributed by atoms with van der Waals surface area (Å²) in [6.45, 7) is 20.4. The number of carbonyl (C=O) groups excluding carboxylic acids is 3. The summed E-state index contributed by atoms with van der Waals surface area (Å²) in [5.41, 5.74) is -1.44. The second kappa shape index (κ2) is 14.0. The van der Waals surface area contributed by atoms with Crippen molar-refractivity contribution in [2.45, 2.75) is 110 Å². The van der Waals surface area contributed by atoms with Gasteiger partial charge >= 0.3 is 12.1 Å². The highest BCUT2D eigenvalue weighted by Crippen LogP contribution is 2.45. The average Bonchev–Trinajstić information content (AvgIpc) is 3.34. The number of nitrogens with zero attached hydrogens (tertiary/aromatic N) is 4. The van der Waals surface area contributed by atoms with Crippen molar-refractivity contribution in [1.82, 2.24) is 30.3 Å². The van der Waals surface area contributed by atoms with Crippen LogP contribution in [0.15, 0.2) is 49.3 Å². The third kappa shape index (κ3) is 8.42. The molecule has 3 N–H and O–H groups in total. The zero-order valence-electron chi connectivity index (χ0n) is 32.3. The van der Waals surface area contributed by atoms with E-state index in [1.807, 2.05) is 37.7 Å². The number of amides is 3. The molecule has 1 aromatic carbocycles. The fraction of sp³-hybridized carbons (Fsp3) is 0.538. The van der Waals surface area contributed by atoms with Gasteiger partial charge in [0.2, 0.25) is 11.8 Å². The number of benzene rings is 1. The van der Waals surface area contributed by atoms with Gasteiger partial charge in [0.1, 0.15) is 40.8 Å². The van der Waals surface area contributed by atoms with Crippen molar-refractivity contribution in [3.05, 3.63) is 49.3 Å². The molecule has 14 heteroatoms. The van der Waals surface area contributed by atoms with Crippen molar-refractivity contribution < 1.29 is 38.5 Å². The summed E-state index contributed by atoms with van der Waals surface area (Å²) in [6.07, 6.45) is 3.89. The van der Waals surface area contributed by atoms with Gasteiger partial charge < -0.3 is 34.9 Å². The lowest BCUT2D eigenvalue weighted by Crippen LogP contribution is -2.59. The molecule has 3 amide bonds. The highest BCUT2D eigenvalue weighted by Gasteiger charge is 2.61. The first-order valence-corrected chi connectivity index (χ1v) is 17.8. The number of rotatable bonds is 10. The maximum Gasteiger partial charge on any atom is 0.408 e. The number of aromatic nitrogens is 3. The maximum atomic E-state index is 14.5. The number of pyridine rings is 1. The van der Waals surface area contributed by atoms with Gasteiger partial charge in [-0.2, -0.15) is 5.10 Å². The summed E-state index contributed by atoms with van der Waals surface area (Å²) in [5, 5.41) is 20.7. The number of carboxylic acid groups (broad SMARTS) is 1. The Morgan fingerprint density at radius 3 is 2.32 bits per heavy atom. The average molecular weight is 733 g/mol. The Hall–Kier alpha value is -5.14. The summed E-state index contributed by atoms with van der Waals surface area (Å²) in [4.78, 5) is 60.1. The van der Waals surface area contributed by atoms with Crippen LogP contribution in [0.5, 0.6) is 11.5 Å². The molecule has 5 rings (SSSR count). The first kappa shape index (κ1) is 39.1. The van der Waals surface area contributed by atoms with Crippen LogP contribution < -0.4 is 20.1 Å². The quantitative estimate of drug-likeness (QED) is 0.232. The van der Waals surface area contributed by atoms with E-state index >= 15 is 0 Å². The Morgan fingerprint density at radius 2 is 1.77 bits per heavy atom. The lowest BCUT2D eigenvalue weighted by molar-refractivity contribution is -0.146. The molecule has 14 nitrogen and oxygen atoms in total. The van der Waals surface area contributed by atoms with Gasteiger partial charge in [-0.3, -0.25) is 14.3 Å². The standard InChI is InChI=1S/C39H52N6O8/c1-12-23-18-39(23,34(48)49)43-32(46)29-16-25(21-44(29)33(47)31(36(2,3)4)42-35(50)53-38(8,9)10)52-30-17-27(22-19-40-45(20-22)37(5,6)7)41-28-15-24(51-11)13-14-26(28)30/h12-15,17,19-20,23,25,29,31H,1,16,18,21H2,2-11H3,(H,42,50)(H,43,46)(H,48,49)/t23-,25+,29-,31+,39?/m0/s1. The maximum absolute atomic E-state index is 14.5. The van der Waals surface area contributed by atoms with Gasteiger partial charge in [0, 0.05) is 41.6 Å². The number of nitrogens with one attached hydrogen (secondary N) is 2. The number of hydrogen-bond acceptors (Lipinski definition) is 9. The number of fused-ring (bicyclic) bond motifs is 1. The first-order chi connectivity index (χ1) is 24.6. The zero-order valence-corrected chi connectivity index (χ0v) is 32.3. The van der Waals surface area contributed by atoms with Crippen LogP contribution in [-0.4, -0.2) is 91.6 Å². The Labute approximate surface area is 310 Å². The van der Waals surface area contributed by atoms with E-state index in [-0.39, 0.29) is 24.9 Å². The molecular weight excluding hydrogens is 680 g/mol. The van der Waals surface area contributed by atoms with E-state index in [9.17, 15) is 24.3 Å². The molecule has 1 aliphatic carbocycles. The van der Waals surface area contributed by atoms with E-state index in [0.29, 0.717) is 28.1 Å². The fourth-order valence-electron chi connectivity index (χ4n) is 6.48. The van der Waals surface area contributed by atoms with E-state index in [1.54, 1.807) is 73.0 Å². The summed E-state index contributed by atoms with van der Waals surface area (Å²) in [7, 11) is 1.57. The van der Waals surface area contributed by atoms with E-state index in [1.165, 1.54) is 11.0 Å². The molecule has 1 unspecified atom stereocenters. The molecule has 5 atom stereocenters. The molecule has 2 aliphatic rings. The van der Waals surface area contributed by atoms with Gasteiger partial charge in [0.15, 0.2) is 0 Å². The predicted octanol–water partition coefficient (Wildman–Crippen LogP) is 5.30. The summed E-state index contributed by atoms with van der Waals surface area (Å²) < 4.78 is 19.5. The molecule has 2 aromatic heterocycles. The molecule has 3 heterocycles. The Bertz CT molecular complexity index is 1920. The number of alkyl carbamates (subject to hydrolysis) is 1. The van der Waals surface area contributed by atoms with Gasteiger partial charge in [-0.05, 0) is 65.5 Å². The summed E-state index contributed by atoms with van der Waals surface area (Å²) in [6, 6.07) is 5.02. The van der Waals surface area contributed by atoms with Crippen LogP contribution in [0.4, 0.5) is 4.79 Å². The monoisotopic (exact) mass is 732 g/mol. The lowest BCUT2D eigenvalue weighted by atomic mass is 9.85. The van der Waals surface area contributed by atoms with Crippen molar-refractivity contribution in [3.63, 3.8) is 0 Å². The van der Waals surface area contributed by atoms with Crippen molar-refractivity contribution in [3.8, 4) is 22.8 Å². The highest BCUT2D eigenvalue weighted by atomic mass is 16.6. The van der Waals surface area contributed by atoms with E-state index in [2.05, 4.69) is 22.3 Å². The van der Waals surface area contributed by atoms with Crippen LogP contribution in [0.3, 0.4) is 0 Å². The highest BCUT2D eigenvalue weighted by molar-refractivity contribution is 5.96. The Kier molecular flexibility index (Phi) is 10.3. The minimum atomic E-state index is -1.52. The molecule has 2 fully saturated rings. The molecule has 286 valence electrons. The summed E-state index contributed by atoms with van der Waals surface area (Å²) in [5.74, 6) is -1.75. The van der Waals surface area contributed by atoms with Crippen molar-refractivity contribution >= 4 is 34.8 Å². The second-order valence-corrected chi connectivity index (χ2v) is 17.0. The third-order valence-corrected chi connectivity index (χ3v) is 9.49. The number of hydrogen-bond donors (Lipinski definition) is 3. The number of carboxylic acids is 1. The molecule has 1 aliphatic heterocycles. The number of methoxy groups -OCH3 is 1. The first-order valence-electron chi connectivity index (χ1n) is 17.8. The molecule has 0 bridgehead atoms. The second-order valence-electron chi connectivity index (χ2n) is 17.0. The molecular formula is C39H52N6O8. The van der Waals surface area contributed by atoms with Gasteiger partial charge in [0.25, 0.3) is 0 Å².